The third-order valence-corrected chi connectivity index (χ3v) is 6.33. The average Bonchev–Trinajstić information content (AvgIpc) is 3.00. The van der Waals surface area contributed by atoms with E-state index in [4.69, 9.17) is 35.2 Å². The molecule has 0 aromatic rings. The van der Waals surface area contributed by atoms with Gasteiger partial charge in [-0.3, -0.25) is 24.0 Å². The van der Waals surface area contributed by atoms with E-state index >= 15 is 0 Å². The molecule has 0 fully saturated rings. The Kier molecular flexibility index (Phi) is 27.3. The van der Waals surface area contributed by atoms with Gasteiger partial charge in [0.2, 0.25) is 11.8 Å². The van der Waals surface area contributed by atoms with Gasteiger partial charge in [-0.2, -0.15) is 0 Å². The van der Waals surface area contributed by atoms with E-state index in [1.165, 1.54) is 0 Å². The maximum atomic E-state index is 12.4. The van der Waals surface area contributed by atoms with Crippen LogP contribution >= 0.6 is 0 Å². The summed E-state index contributed by atoms with van der Waals surface area (Å²) in [4.78, 5) is 60.0. The molecular weight excluding hydrogens is 576 g/mol. The molecule has 44 heavy (non-hydrogen) atoms. The van der Waals surface area contributed by atoms with Crippen LogP contribution in [0.3, 0.4) is 0 Å². The Morgan fingerprint density at radius 3 is 1.86 bits per heavy atom. The van der Waals surface area contributed by atoms with Gasteiger partial charge in [0.05, 0.1) is 51.6 Å². The molecule has 2 atom stereocenters. The molecule has 256 valence electrons. The van der Waals surface area contributed by atoms with Crippen molar-refractivity contribution in [2.45, 2.75) is 84.1 Å². The van der Waals surface area contributed by atoms with Gasteiger partial charge in [0.15, 0.2) is 0 Å². The molecule has 0 aliphatic heterocycles. The molecule has 0 saturated carbocycles. The van der Waals surface area contributed by atoms with E-state index in [1.807, 2.05) is 0 Å². The molecule has 2 amide bonds. The Hall–Kier alpha value is -2.65. The zero-order valence-corrected chi connectivity index (χ0v) is 26.7. The van der Waals surface area contributed by atoms with Gasteiger partial charge < -0.3 is 45.8 Å². The van der Waals surface area contributed by atoms with E-state index in [-0.39, 0.29) is 62.9 Å². The molecule has 0 radical (unpaired) electrons. The van der Waals surface area contributed by atoms with Crippen LogP contribution in [0.15, 0.2) is 0 Å². The monoisotopic (exact) mass is 632 g/mol. The van der Waals surface area contributed by atoms with Crippen LogP contribution in [0.25, 0.3) is 0 Å². The van der Waals surface area contributed by atoms with Crippen LogP contribution in [0, 0.1) is 5.92 Å². The molecule has 0 spiro atoms. The van der Waals surface area contributed by atoms with Crippen LogP contribution in [-0.4, -0.2) is 108 Å². The summed E-state index contributed by atoms with van der Waals surface area (Å²) in [5.41, 5.74) is 11.3. The zero-order chi connectivity index (χ0) is 32.8. The lowest BCUT2D eigenvalue weighted by molar-refractivity contribution is -0.151. The van der Waals surface area contributed by atoms with Crippen molar-refractivity contribution in [2.75, 3.05) is 72.5 Å². The number of ketones is 1. The van der Waals surface area contributed by atoms with Crippen molar-refractivity contribution in [3.63, 3.8) is 0 Å². The van der Waals surface area contributed by atoms with Gasteiger partial charge in [-0.15, -0.1) is 0 Å². The van der Waals surface area contributed by atoms with Crippen LogP contribution in [0.1, 0.15) is 78.1 Å². The fraction of sp³-hybridized carbons (Fsp3) is 0.833. The average molecular weight is 633 g/mol. The molecule has 0 aromatic carbocycles. The van der Waals surface area contributed by atoms with Crippen LogP contribution in [0.5, 0.6) is 0 Å². The fourth-order valence-electron chi connectivity index (χ4n) is 3.91. The quantitative estimate of drug-likeness (QED) is 0.0640. The predicted octanol–water partition coefficient (Wildman–Crippen LogP) is 0.767. The van der Waals surface area contributed by atoms with Gasteiger partial charge in [-0.05, 0) is 52.5 Å². The second kappa shape index (κ2) is 29.1. The summed E-state index contributed by atoms with van der Waals surface area (Å²) in [5, 5.41) is 5.55. The predicted molar refractivity (Wildman–Crippen MR) is 163 cm³/mol. The first-order valence-corrected chi connectivity index (χ1v) is 15.8. The number of esters is 2. The molecule has 0 aliphatic rings. The van der Waals surface area contributed by atoms with Crippen molar-refractivity contribution in [1.82, 2.24) is 10.6 Å². The lowest BCUT2D eigenvalue weighted by atomic mass is 9.95. The standard InChI is InChI=1S/C30H56N4O10/c1-3-43-28(37)13-10-24(30(39)44-4-2)23-25(35)11-12-27(36)33-15-7-17-40-19-21-42-22-20-41-18-8-16-34-29(38)26(32)9-5-6-14-31/h24,26H,3-23,31-32H2,1-2H3,(H,33,36)(H,34,38). The molecule has 0 heterocycles. The number of carbonyl (C=O) groups excluding carboxylic acids is 5. The summed E-state index contributed by atoms with van der Waals surface area (Å²) in [6.07, 6.45) is 3.74. The Morgan fingerprint density at radius 2 is 1.27 bits per heavy atom. The van der Waals surface area contributed by atoms with Crippen molar-refractivity contribution < 1.29 is 47.7 Å². The first-order valence-electron chi connectivity index (χ1n) is 15.8. The number of nitrogens with one attached hydrogen (secondary N) is 2. The molecule has 14 heteroatoms. The number of nitrogens with two attached hydrogens (primary N) is 2. The number of hydrogen-bond acceptors (Lipinski definition) is 12. The van der Waals surface area contributed by atoms with E-state index < -0.39 is 23.9 Å². The van der Waals surface area contributed by atoms with E-state index in [1.54, 1.807) is 13.8 Å². The Balaban J connectivity index is 3.72. The lowest BCUT2D eigenvalue weighted by Gasteiger charge is -2.14. The maximum absolute atomic E-state index is 12.4. The number of amides is 2. The molecule has 2 unspecified atom stereocenters. The molecule has 0 aromatic heterocycles. The normalized spacial score (nSPS) is 12.3. The number of carbonyl (C=O) groups is 5. The van der Waals surface area contributed by atoms with Crippen molar-refractivity contribution in [2.24, 2.45) is 17.4 Å². The summed E-state index contributed by atoms with van der Waals surface area (Å²) in [7, 11) is 0. The molecule has 14 nitrogen and oxygen atoms in total. The number of Topliss-reactive ketones (excluding diaryl/α,β-unsaturated/α-hetero) is 1. The van der Waals surface area contributed by atoms with E-state index in [0.717, 1.165) is 12.8 Å². The van der Waals surface area contributed by atoms with Crippen molar-refractivity contribution in [3.05, 3.63) is 0 Å². The van der Waals surface area contributed by atoms with Crippen LogP contribution < -0.4 is 22.1 Å². The lowest BCUT2D eigenvalue weighted by Crippen LogP contribution is -2.41. The summed E-state index contributed by atoms with van der Waals surface area (Å²) < 4.78 is 26.3. The van der Waals surface area contributed by atoms with Crippen LogP contribution in [0.4, 0.5) is 0 Å². The third-order valence-electron chi connectivity index (χ3n) is 6.33. The first-order chi connectivity index (χ1) is 21.2. The van der Waals surface area contributed by atoms with Crippen molar-refractivity contribution in [1.29, 1.82) is 0 Å². The smallest absolute Gasteiger partial charge is 0.309 e. The highest BCUT2D eigenvalue weighted by atomic mass is 16.5. The van der Waals surface area contributed by atoms with Gasteiger partial charge in [-0.25, -0.2) is 0 Å². The summed E-state index contributed by atoms with van der Waals surface area (Å²) in [6, 6.07) is -0.499. The number of rotatable bonds is 30. The fourth-order valence-corrected chi connectivity index (χ4v) is 3.91. The number of unbranched alkanes of at least 4 members (excludes halogenated alkanes) is 1. The van der Waals surface area contributed by atoms with Crippen molar-refractivity contribution >= 4 is 29.5 Å². The summed E-state index contributed by atoms with van der Waals surface area (Å²) >= 11 is 0. The molecule has 0 aliphatic carbocycles. The molecular formula is C30H56N4O10. The van der Waals surface area contributed by atoms with E-state index in [2.05, 4.69) is 10.6 Å². The largest absolute Gasteiger partial charge is 0.466 e. The Morgan fingerprint density at radius 1 is 0.682 bits per heavy atom. The highest BCUT2D eigenvalue weighted by Crippen LogP contribution is 2.16. The molecule has 6 N–H and O–H groups in total. The van der Waals surface area contributed by atoms with Gasteiger partial charge in [0.1, 0.15) is 5.78 Å². The van der Waals surface area contributed by atoms with Gasteiger partial charge in [0, 0.05) is 52.0 Å². The SMILES string of the molecule is CCOC(=O)CCC(CC(=O)CCC(=O)NCCCOCCOCCOCCCNC(=O)C(N)CCCCN)C(=O)OCC. The topological polar surface area (TPSA) is 208 Å². The van der Waals surface area contributed by atoms with E-state index in [9.17, 15) is 24.0 Å². The molecule has 0 bridgehead atoms. The van der Waals surface area contributed by atoms with Gasteiger partial charge in [-0.1, -0.05) is 6.42 Å². The van der Waals surface area contributed by atoms with Crippen LogP contribution in [-0.2, 0) is 47.7 Å². The first kappa shape index (κ1) is 41.4. The second-order valence-electron chi connectivity index (χ2n) is 10.1. The Labute approximate surface area is 261 Å². The highest BCUT2D eigenvalue weighted by molar-refractivity contribution is 5.88. The zero-order valence-electron chi connectivity index (χ0n) is 26.7. The second-order valence-corrected chi connectivity index (χ2v) is 10.1. The molecule has 0 rings (SSSR count). The van der Waals surface area contributed by atoms with Gasteiger partial charge in [0.25, 0.3) is 0 Å². The highest BCUT2D eigenvalue weighted by Gasteiger charge is 2.24. The minimum atomic E-state index is -0.740. The van der Waals surface area contributed by atoms with E-state index in [0.29, 0.717) is 78.5 Å². The Bertz CT molecular complexity index is 800. The molecule has 0 saturated heterocycles. The number of hydrogen-bond donors (Lipinski definition) is 4. The minimum absolute atomic E-state index is 0.0000644. The number of ether oxygens (including phenoxy) is 5. The summed E-state index contributed by atoms with van der Waals surface area (Å²) in [6.45, 7) is 7.97. The maximum Gasteiger partial charge on any atom is 0.309 e. The minimum Gasteiger partial charge on any atom is -0.466 e. The van der Waals surface area contributed by atoms with Gasteiger partial charge >= 0.3 is 11.9 Å². The van der Waals surface area contributed by atoms with Crippen LogP contribution in [0.2, 0.25) is 0 Å². The third kappa shape index (κ3) is 24.8. The van der Waals surface area contributed by atoms with Crippen molar-refractivity contribution in [3.8, 4) is 0 Å². The summed E-state index contributed by atoms with van der Waals surface area (Å²) in [5.74, 6) is -2.35.